The minimum Gasteiger partial charge on any atom is -0.496 e. The largest absolute Gasteiger partial charge is 0.496 e. The molecule has 1 N–H and O–H groups in total. The first-order valence-corrected chi connectivity index (χ1v) is 6.35. The molecule has 7 heteroatoms. The van der Waals surface area contributed by atoms with E-state index < -0.39 is 0 Å². The highest BCUT2D eigenvalue weighted by molar-refractivity contribution is 6.30. The van der Waals surface area contributed by atoms with Crippen molar-refractivity contribution in [3.8, 4) is 34.7 Å². The first-order valence-electron chi connectivity index (χ1n) is 5.98. The van der Waals surface area contributed by atoms with Crippen LogP contribution in [0.3, 0.4) is 0 Å². The highest BCUT2D eigenvalue weighted by atomic mass is 35.5. The summed E-state index contributed by atoms with van der Waals surface area (Å²) in [5.74, 6) is 1.26. The molecule has 0 radical (unpaired) electrons. The van der Waals surface area contributed by atoms with Crippen molar-refractivity contribution in [2.75, 3.05) is 7.11 Å². The maximum Gasteiger partial charge on any atom is 0.259 e. The molecular formula is C14H9ClN4O2. The van der Waals surface area contributed by atoms with Crippen LogP contribution in [0.4, 0.5) is 0 Å². The Morgan fingerprint density at radius 2 is 2.24 bits per heavy atom. The number of nitriles is 1. The van der Waals surface area contributed by atoms with Crippen molar-refractivity contribution in [2.45, 2.75) is 0 Å². The van der Waals surface area contributed by atoms with Gasteiger partial charge in [-0.15, -0.1) is 0 Å². The molecule has 2 aromatic heterocycles. The van der Waals surface area contributed by atoms with E-state index in [0.29, 0.717) is 39.3 Å². The Labute approximate surface area is 124 Å². The maximum absolute atomic E-state index is 8.80. The van der Waals surface area contributed by atoms with Gasteiger partial charge in [-0.2, -0.15) is 10.2 Å². The summed E-state index contributed by atoms with van der Waals surface area (Å²) in [7, 11) is 1.54. The van der Waals surface area contributed by atoms with Crippen molar-refractivity contribution in [1.82, 2.24) is 15.1 Å². The molecule has 0 atom stereocenters. The Hall–Kier alpha value is -2.78. The molecule has 0 fully saturated rings. The van der Waals surface area contributed by atoms with Crippen LogP contribution in [0, 0.1) is 11.3 Å². The van der Waals surface area contributed by atoms with Crippen LogP contribution in [0.1, 0.15) is 5.69 Å². The van der Waals surface area contributed by atoms with Crippen molar-refractivity contribution in [3.63, 3.8) is 0 Å². The number of methoxy groups -OCH3 is 1. The number of benzene rings is 1. The average Bonchev–Trinajstić information content (AvgIpc) is 3.15. The standard InChI is InChI=1S/C14H9ClN4O2/c1-20-12-5-9(15)2-3-11(12)13-18-14(21-19-13)8-4-10(6-16)17-7-8/h2-5,7,17H,1H3. The van der Waals surface area contributed by atoms with Gasteiger partial charge >= 0.3 is 0 Å². The second-order valence-corrected chi connectivity index (χ2v) is 4.62. The van der Waals surface area contributed by atoms with Gasteiger partial charge in [-0.1, -0.05) is 16.8 Å². The van der Waals surface area contributed by atoms with Crippen molar-refractivity contribution < 1.29 is 9.26 Å². The van der Waals surface area contributed by atoms with Gasteiger partial charge in [0.25, 0.3) is 5.89 Å². The molecule has 3 rings (SSSR count). The predicted octanol–water partition coefficient (Wildman–Crippen LogP) is 3.27. The molecule has 0 bridgehead atoms. The Bertz CT molecular complexity index is 832. The number of aromatic nitrogens is 3. The molecule has 0 spiro atoms. The molecule has 0 aliphatic carbocycles. The fourth-order valence-corrected chi connectivity index (χ4v) is 2.04. The number of hydrogen-bond donors (Lipinski definition) is 1. The molecule has 0 saturated heterocycles. The van der Waals surface area contributed by atoms with E-state index in [1.54, 1.807) is 37.6 Å². The van der Waals surface area contributed by atoms with E-state index in [4.69, 9.17) is 26.1 Å². The van der Waals surface area contributed by atoms with Gasteiger partial charge in [0.2, 0.25) is 5.82 Å². The van der Waals surface area contributed by atoms with Gasteiger partial charge in [0.15, 0.2) is 0 Å². The first-order chi connectivity index (χ1) is 10.2. The molecule has 1 aromatic carbocycles. The molecule has 0 aliphatic rings. The molecular weight excluding hydrogens is 292 g/mol. The molecule has 3 aromatic rings. The molecule has 0 saturated carbocycles. The van der Waals surface area contributed by atoms with E-state index >= 15 is 0 Å². The minimum absolute atomic E-state index is 0.319. The summed E-state index contributed by atoms with van der Waals surface area (Å²) in [6, 6.07) is 8.79. The normalized spacial score (nSPS) is 10.3. The monoisotopic (exact) mass is 300 g/mol. The van der Waals surface area contributed by atoms with Crippen LogP contribution in [0.15, 0.2) is 35.0 Å². The summed E-state index contributed by atoms with van der Waals surface area (Å²) in [5.41, 5.74) is 1.75. The summed E-state index contributed by atoms with van der Waals surface area (Å²) in [6.45, 7) is 0. The van der Waals surface area contributed by atoms with Crippen LogP contribution >= 0.6 is 11.6 Å². The SMILES string of the molecule is COc1cc(Cl)ccc1-c1noc(-c2c[nH]c(C#N)c2)n1. The van der Waals surface area contributed by atoms with E-state index in [0.717, 1.165) is 0 Å². The smallest absolute Gasteiger partial charge is 0.259 e. The van der Waals surface area contributed by atoms with Gasteiger partial charge in [0.05, 0.1) is 18.2 Å². The topological polar surface area (TPSA) is 87.7 Å². The summed E-state index contributed by atoms with van der Waals surface area (Å²) in [5, 5.41) is 13.3. The van der Waals surface area contributed by atoms with Crippen molar-refractivity contribution >= 4 is 11.6 Å². The van der Waals surface area contributed by atoms with Crippen LogP contribution < -0.4 is 4.74 Å². The number of hydrogen-bond acceptors (Lipinski definition) is 5. The summed E-state index contributed by atoms with van der Waals surface area (Å²) < 4.78 is 10.5. The molecule has 2 heterocycles. The lowest BCUT2D eigenvalue weighted by Gasteiger charge is -2.04. The lowest BCUT2D eigenvalue weighted by Crippen LogP contribution is -1.89. The van der Waals surface area contributed by atoms with E-state index in [1.807, 2.05) is 6.07 Å². The molecule has 104 valence electrons. The summed E-state index contributed by atoms with van der Waals surface area (Å²) in [6.07, 6.45) is 1.63. The highest BCUT2D eigenvalue weighted by Gasteiger charge is 2.15. The zero-order valence-corrected chi connectivity index (χ0v) is 11.7. The molecule has 6 nitrogen and oxygen atoms in total. The maximum atomic E-state index is 8.80. The first kappa shape index (κ1) is 13.2. The highest BCUT2D eigenvalue weighted by Crippen LogP contribution is 2.31. The number of nitrogens with one attached hydrogen (secondary N) is 1. The van der Waals surface area contributed by atoms with Gasteiger partial charge in [-0.05, 0) is 24.3 Å². The van der Waals surface area contributed by atoms with Gasteiger partial charge in [-0.3, -0.25) is 0 Å². The Morgan fingerprint density at radius 3 is 2.95 bits per heavy atom. The van der Waals surface area contributed by atoms with Gasteiger partial charge < -0.3 is 14.2 Å². The Kier molecular flexibility index (Phi) is 3.34. The third-order valence-corrected chi connectivity index (χ3v) is 3.12. The third-order valence-electron chi connectivity index (χ3n) is 2.88. The molecule has 0 unspecified atom stereocenters. The van der Waals surface area contributed by atoms with Gasteiger partial charge in [-0.25, -0.2) is 0 Å². The lowest BCUT2D eigenvalue weighted by molar-refractivity contribution is 0.413. The van der Waals surface area contributed by atoms with E-state index in [-0.39, 0.29) is 0 Å². The van der Waals surface area contributed by atoms with Gasteiger partial charge in [0, 0.05) is 11.2 Å². The predicted molar refractivity (Wildman–Crippen MR) is 75.8 cm³/mol. The third kappa shape index (κ3) is 2.47. The van der Waals surface area contributed by atoms with Crippen LogP contribution in [-0.4, -0.2) is 22.2 Å². The van der Waals surface area contributed by atoms with Crippen LogP contribution in [0.2, 0.25) is 5.02 Å². The number of nitrogens with zero attached hydrogens (tertiary/aromatic N) is 3. The van der Waals surface area contributed by atoms with E-state index in [1.165, 1.54) is 0 Å². The molecule has 0 amide bonds. The van der Waals surface area contributed by atoms with Crippen molar-refractivity contribution in [3.05, 3.63) is 41.2 Å². The number of H-pyrrole nitrogens is 1. The zero-order chi connectivity index (χ0) is 14.8. The van der Waals surface area contributed by atoms with Crippen LogP contribution in [0.25, 0.3) is 22.8 Å². The fourth-order valence-electron chi connectivity index (χ4n) is 1.88. The number of rotatable bonds is 3. The lowest BCUT2D eigenvalue weighted by atomic mass is 10.2. The van der Waals surface area contributed by atoms with Gasteiger partial charge in [0.1, 0.15) is 17.5 Å². The van der Waals surface area contributed by atoms with Crippen LogP contribution in [0.5, 0.6) is 5.75 Å². The fraction of sp³-hybridized carbons (Fsp3) is 0.0714. The van der Waals surface area contributed by atoms with E-state index in [9.17, 15) is 0 Å². The number of halogens is 1. The second kappa shape index (κ2) is 5.31. The Balaban J connectivity index is 2.00. The second-order valence-electron chi connectivity index (χ2n) is 4.18. The quantitative estimate of drug-likeness (QED) is 0.802. The Morgan fingerprint density at radius 1 is 1.38 bits per heavy atom. The summed E-state index contributed by atoms with van der Waals surface area (Å²) >= 11 is 5.92. The average molecular weight is 301 g/mol. The number of ether oxygens (including phenoxy) is 1. The number of aromatic amines is 1. The van der Waals surface area contributed by atoms with Crippen molar-refractivity contribution in [1.29, 1.82) is 5.26 Å². The summed E-state index contributed by atoms with van der Waals surface area (Å²) in [4.78, 5) is 7.11. The van der Waals surface area contributed by atoms with Crippen LogP contribution in [-0.2, 0) is 0 Å². The molecule has 0 aliphatic heterocycles. The van der Waals surface area contributed by atoms with E-state index in [2.05, 4.69) is 15.1 Å². The zero-order valence-electron chi connectivity index (χ0n) is 10.9. The minimum atomic E-state index is 0.319. The van der Waals surface area contributed by atoms with Crippen molar-refractivity contribution in [2.24, 2.45) is 0 Å². The molecule has 21 heavy (non-hydrogen) atoms.